The average molecular weight is 190 g/mol. The largest absolute Gasteiger partial charge is 0.369 e. The Balaban J connectivity index is 2.68. The van der Waals surface area contributed by atoms with Crippen LogP contribution in [-0.2, 0) is 4.79 Å². The fourth-order valence-electron chi connectivity index (χ4n) is 0.694. The van der Waals surface area contributed by atoms with Crippen molar-refractivity contribution in [3.8, 4) is 17.9 Å². The molecule has 1 amide bonds. The van der Waals surface area contributed by atoms with E-state index in [1.54, 1.807) is 11.4 Å². The maximum atomic E-state index is 10.3. The number of thiophene rings is 1. The van der Waals surface area contributed by atoms with Gasteiger partial charge in [0.05, 0.1) is 6.42 Å². The molecule has 0 saturated heterocycles. The number of primary amides is 1. The molecule has 64 valence electrons. The Morgan fingerprint density at radius 2 is 2.46 bits per heavy atom. The first-order valence-electron chi connectivity index (χ1n) is 3.48. The monoisotopic (exact) mass is 190 g/mol. The summed E-state index contributed by atoms with van der Waals surface area (Å²) in [5, 5.41) is 10.3. The first-order chi connectivity index (χ1) is 6.22. The van der Waals surface area contributed by atoms with Crippen molar-refractivity contribution in [1.29, 1.82) is 5.26 Å². The molecule has 0 fully saturated rings. The number of nitrogens with two attached hydrogens (primary N) is 1. The lowest BCUT2D eigenvalue weighted by atomic mass is 10.3. The van der Waals surface area contributed by atoms with Crippen molar-refractivity contribution in [3.63, 3.8) is 0 Å². The summed E-state index contributed by atoms with van der Waals surface area (Å²) in [5.41, 5.74) is 5.65. The molecule has 0 aromatic carbocycles. The molecular formula is C9H6N2OS. The summed E-state index contributed by atoms with van der Waals surface area (Å²) in [7, 11) is 0. The van der Waals surface area contributed by atoms with Gasteiger partial charge in [0.2, 0.25) is 5.91 Å². The molecule has 3 nitrogen and oxygen atoms in total. The molecule has 0 aliphatic heterocycles. The number of rotatable bonds is 1. The zero-order valence-corrected chi connectivity index (χ0v) is 7.52. The SMILES string of the molecule is N#Cc1cc(C#CCC(N)=O)cs1. The van der Waals surface area contributed by atoms with Crippen LogP contribution >= 0.6 is 11.3 Å². The summed E-state index contributed by atoms with van der Waals surface area (Å²) >= 11 is 1.33. The normalized spacial score (nSPS) is 8.23. The molecule has 1 aromatic rings. The maximum Gasteiger partial charge on any atom is 0.229 e. The number of carbonyl (C=O) groups is 1. The van der Waals surface area contributed by atoms with Gasteiger partial charge in [-0.25, -0.2) is 0 Å². The number of hydrogen-bond acceptors (Lipinski definition) is 3. The van der Waals surface area contributed by atoms with Gasteiger partial charge in [-0.15, -0.1) is 11.3 Å². The molecule has 0 unspecified atom stereocenters. The van der Waals surface area contributed by atoms with Crippen LogP contribution in [0.15, 0.2) is 11.4 Å². The molecule has 2 N–H and O–H groups in total. The molecule has 0 atom stereocenters. The number of carbonyl (C=O) groups excluding carboxylic acids is 1. The number of amides is 1. The lowest BCUT2D eigenvalue weighted by Gasteiger charge is -1.79. The summed E-state index contributed by atoms with van der Waals surface area (Å²) in [6.45, 7) is 0. The highest BCUT2D eigenvalue weighted by Crippen LogP contribution is 2.11. The molecule has 0 aliphatic rings. The van der Waals surface area contributed by atoms with Crippen molar-refractivity contribution in [1.82, 2.24) is 0 Å². The molecule has 4 heteroatoms. The van der Waals surface area contributed by atoms with Crippen molar-refractivity contribution >= 4 is 17.2 Å². The van der Waals surface area contributed by atoms with E-state index in [9.17, 15) is 4.79 Å². The van der Waals surface area contributed by atoms with E-state index < -0.39 is 5.91 Å². The average Bonchev–Trinajstić information content (AvgIpc) is 2.52. The van der Waals surface area contributed by atoms with Gasteiger partial charge in [-0.2, -0.15) is 5.26 Å². The summed E-state index contributed by atoms with van der Waals surface area (Å²) in [6.07, 6.45) is 0.0533. The highest BCUT2D eigenvalue weighted by Gasteiger charge is 1.94. The van der Waals surface area contributed by atoms with Crippen LogP contribution < -0.4 is 5.73 Å². The molecule has 0 aliphatic carbocycles. The van der Waals surface area contributed by atoms with E-state index in [4.69, 9.17) is 11.0 Å². The van der Waals surface area contributed by atoms with Gasteiger partial charge in [0.15, 0.2) is 0 Å². The third kappa shape index (κ3) is 2.98. The zero-order chi connectivity index (χ0) is 9.68. The van der Waals surface area contributed by atoms with Gasteiger partial charge in [-0.05, 0) is 6.07 Å². The van der Waals surface area contributed by atoms with Gasteiger partial charge in [0.1, 0.15) is 10.9 Å². The highest BCUT2D eigenvalue weighted by molar-refractivity contribution is 7.10. The van der Waals surface area contributed by atoms with Crippen LogP contribution in [0.3, 0.4) is 0 Å². The van der Waals surface area contributed by atoms with Gasteiger partial charge < -0.3 is 5.73 Å². The molecule has 0 bridgehead atoms. The second-order valence-electron chi connectivity index (χ2n) is 2.26. The van der Waals surface area contributed by atoms with Crippen LogP contribution in [0.25, 0.3) is 0 Å². The molecule has 0 radical (unpaired) electrons. The lowest BCUT2D eigenvalue weighted by Crippen LogP contribution is -2.08. The topological polar surface area (TPSA) is 66.9 Å². The van der Waals surface area contributed by atoms with E-state index in [0.717, 1.165) is 5.56 Å². The standard InChI is InChI=1S/C9H6N2OS/c10-5-8-4-7(6-13-8)2-1-3-9(11)12/h4,6H,3H2,(H2,11,12). The molecule has 1 heterocycles. The van der Waals surface area contributed by atoms with E-state index in [1.165, 1.54) is 11.3 Å². The summed E-state index contributed by atoms with van der Waals surface area (Å²) in [4.78, 5) is 10.9. The van der Waals surface area contributed by atoms with E-state index in [1.807, 2.05) is 6.07 Å². The first kappa shape index (κ1) is 9.31. The second kappa shape index (κ2) is 4.30. The van der Waals surface area contributed by atoms with Gasteiger partial charge >= 0.3 is 0 Å². The Hall–Kier alpha value is -1.78. The molecule has 1 aromatic heterocycles. The van der Waals surface area contributed by atoms with E-state index >= 15 is 0 Å². The molecule has 13 heavy (non-hydrogen) atoms. The third-order valence-corrected chi connectivity index (χ3v) is 2.04. The predicted molar refractivity (Wildman–Crippen MR) is 49.7 cm³/mol. The Bertz CT molecular complexity index is 417. The van der Waals surface area contributed by atoms with Crippen molar-refractivity contribution in [2.24, 2.45) is 5.73 Å². The second-order valence-corrected chi connectivity index (χ2v) is 3.17. The van der Waals surface area contributed by atoms with Crippen LogP contribution in [0.2, 0.25) is 0 Å². The van der Waals surface area contributed by atoms with E-state index in [0.29, 0.717) is 4.88 Å². The van der Waals surface area contributed by atoms with Crippen molar-refractivity contribution in [2.75, 3.05) is 0 Å². The third-order valence-electron chi connectivity index (χ3n) is 1.20. The summed E-state index contributed by atoms with van der Waals surface area (Å²) in [5.74, 6) is 4.91. The van der Waals surface area contributed by atoms with E-state index in [-0.39, 0.29) is 6.42 Å². The van der Waals surface area contributed by atoms with Gasteiger partial charge in [-0.1, -0.05) is 11.8 Å². The minimum absolute atomic E-state index is 0.0533. The molecular weight excluding hydrogens is 184 g/mol. The summed E-state index contributed by atoms with van der Waals surface area (Å²) < 4.78 is 0. The zero-order valence-electron chi connectivity index (χ0n) is 6.70. The summed E-state index contributed by atoms with van der Waals surface area (Å²) in [6, 6.07) is 3.68. The smallest absolute Gasteiger partial charge is 0.229 e. The predicted octanol–water partition coefficient (Wildman–Crippen LogP) is 0.847. The number of nitriles is 1. The molecule has 1 rings (SSSR count). The number of hydrogen-bond donors (Lipinski definition) is 1. The lowest BCUT2D eigenvalue weighted by molar-refractivity contribution is -0.117. The number of nitrogens with zero attached hydrogens (tertiary/aromatic N) is 1. The molecule has 0 spiro atoms. The maximum absolute atomic E-state index is 10.3. The Morgan fingerprint density at radius 1 is 1.69 bits per heavy atom. The van der Waals surface area contributed by atoms with Crippen LogP contribution in [0.1, 0.15) is 16.9 Å². The highest BCUT2D eigenvalue weighted by atomic mass is 32.1. The fraction of sp³-hybridized carbons (Fsp3) is 0.111. The minimum Gasteiger partial charge on any atom is -0.369 e. The first-order valence-corrected chi connectivity index (χ1v) is 4.36. The quantitative estimate of drug-likeness (QED) is 0.667. The Kier molecular flexibility index (Phi) is 3.08. The van der Waals surface area contributed by atoms with Gasteiger partial charge in [0, 0.05) is 10.9 Å². The Morgan fingerprint density at radius 3 is 3.00 bits per heavy atom. The van der Waals surface area contributed by atoms with Crippen molar-refractivity contribution in [3.05, 3.63) is 21.9 Å². The minimum atomic E-state index is -0.441. The van der Waals surface area contributed by atoms with Crippen LogP contribution in [-0.4, -0.2) is 5.91 Å². The van der Waals surface area contributed by atoms with Crippen LogP contribution in [0.4, 0.5) is 0 Å². The van der Waals surface area contributed by atoms with Crippen LogP contribution in [0, 0.1) is 23.2 Å². The van der Waals surface area contributed by atoms with Crippen molar-refractivity contribution < 1.29 is 4.79 Å². The van der Waals surface area contributed by atoms with Crippen LogP contribution in [0.5, 0.6) is 0 Å². The molecule has 0 saturated carbocycles. The fourth-order valence-corrected chi connectivity index (χ4v) is 1.32. The van der Waals surface area contributed by atoms with Crippen molar-refractivity contribution in [2.45, 2.75) is 6.42 Å². The van der Waals surface area contributed by atoms with Gasteiger partial charge in [-0.3, -0.25) is 4.79 Å². The Labute approximate surface area is 79.8 Å². The van der Waals surface area contributed by atoms with E-state index in [2.05, 4.69) is 11.8 Å². The van der Waals surface area contributed by atoms with Gasteiger partial charge in [0.25, 0.3) is 0 Å².